The molecule has 0 aliphatic rings. The van der Waals surface area contributed by atoms with Gasteiger partial charge in [-0.05, 0) is 12.1 Å². The molecule has 2 heterocycles. The first-order valence-corrected chi connectivity index (χ1v) is 8.56. The molecule has 0 radical (unpaired) electrons. The topological polar surface area (TPSA) is 72.7 Å². The maximum Gasteiger partial charge on any atom is 0.329 e. The van der Waals surface area contributed by atoms with E-state index in [4.69, 9.17) is 11.6 Å². The Balaban J connectivity index is 2.09. The minimum atomic E-state index is -0.485. The van der Waals surface area contributed by atoms with Crippen LogP contribution >= 0.6 is 23.4 Å². The summed E-state index contributed by atoms with van der Waals surface area (Å²) >= 11 is 7.70. The average Bonchev–Trinajstić information content (AvgIpc) is 2.92. The highest BCUT2D eigenvalue weighted by Gasteiger charge is 2.16. The molecule has 1 aromatic carbocycles. The van der Waals surface area contributed by atoms with Gasteiger partial charge in [-0.15, -0.1) is 18.3 Å². The lowest BCUT2D eigenvalue weighted by atomic mass is 10.4. The highest BCUT2D eigenvalue weighted by molar-refractivity contribution is 7.98. The zero-order chi connectivity index (χ0) is 17.3. The number of aromatic nitrogens is 4. The number of fused-ring (bicyclic) bond motifs is 1. The summed E-state index contributed by atoms with van der Waals surface area (Å²) in [6.45, 7) is 4.16. The summed E-state index contributed by atoms with van der Waals surface area (Å²) in [5.74, 6) is 1.20. The molecule has 0 aliphatic carbocycles. The van der Waals surface area contributed by atoms with Crippen LogP contribution in [-0.2, 0) is 19.3 Å². The molecule has 24 heavy (non-hydrogen) atoms. The van der Waals surface area contributed by atoms with E-state index in [1.54, 1.807) is 17.7 Å². The van der Waals surface area contributed by atoms with Crippen LogP contribution in [0.1, 0.15) is 5.82 Å². The van der Waals surface area contributed by atoms with Crippen LogP contribution in [0.15, 0.2) is 51.4 Å². The van der Waals surface area contributed by atoms with Gasteiger partial charge < -0.3 is 4.57 Å². The lowest BCUT2D eigenvalue weighted by Crippen LogP contribution is -2.29. The molecule has 1 N–H and O–H groups in total. The standard InChI is InChI=1S/C16H15ClN4O2S/c1-3-8-21-12(9-24-11-7-5-4-6-10(11)17)18-14-13(21)15(22)19-16(23)20(14)2/h3-7H,1,8-9H2,2H3,(H,19,22,23). The predicted octanol–water partition coefficient (Wildman–Crippen LogP) is 2.56. The molecule has 2 aromatic heterocycles. The highest BCUT2D eigenvalue weighted by atomic mass is 35.5. The average molecular weight is 363 g/mol. The minimum absolute atomic E-state index is 0.361. The summed E-state index contributed by atoms with van der Waals surface area (Å²) in [7, 11) is 1.58. The van der Waals surface area contributed by atoms with E-state index in [0.29, 0.717) is 34.3 Å². The summed E-state index contributed by atoms with van der Waals surface area (Å²) in [5, 5.41) is 0.666. The van der Waals surface area contributed by atoms with Crippen molar-refractivity contribution >= 4 is 34.5 Å². The van der Waals surface area contributed by atoms with E-state index in [1.807, 2.05) is 24.3 Å². The van der Waals surface area contributed by atoms with Gasteiger partial charge in [-0.2, -0.15) is 0 Å². The van der Waals surface area contributed by atoms with Gasteiger partial charge in [0, 0.05) is 18.5 Å². The number of H-pyrrole nitrogens is 1. The lowest BCUT2D eigenvalue weighted by molar-refractivity contribution is 0.794. The van der Waals surface area contributed by atoms with E-state index < -0.39 is 11.2 Å². The van der Waals surface area contributed by atoms with Crippen LogP contribution in [0.4, 0.5) is 0 Å². The Bertz CT molecular complexity index is 1030. The maximum absolute atomic E-state index is 12.2. The molecular formula is C16H15ClN4O2S. The van der Waals surface area contributed by atoms with Gasteiger partial charge in [0.2, 0.25) is 0 Å². The number of thioether (sulfide) groups is 1. The van der Waals surface area contributed by atoms with Crippen LogP contribution in [0.5, 0.6) is 0 Å². The van der Waals surface area contributed by atoms with E-state index in [1.165, 1.54) is 16.3 Å². The van der Waals surface area contributed by atoms with Gasteiger partial charge in [0.15, 0.2) is 11.2 Å². The number of allylic oxidation sites excluding steroid dienone is 1. The van der Waals surface area contributed by atoms with E-state index in [-0.39, 0.29) is 0 Å². The van der Waals surface area contributed by atoms with Crippen molar-refractivity contribution in [2.75, 3.05) is 0 Å². The number of aromatic amines is 1. The van der Waals surface area contributed by atoms with Crippen LogP contribution in [0.2, 0.25) is 5.02 Å². The molecule has 0 unspecified atom stereocenters. The molecule has 0 saturated heterocycles. The number of hydrogen-bond donors (Lipinski definition) is 1. The van der Waals surface area contributed by atoms with Crippen molar-refractivity contribution < 1.29 is 0 Å². The molecule has 124 valence electrons. The van der Waals surface area contributed by atoms with Gasteiger partial charge >= 0.3 is 5.69 Å². The maximum atomic E-state index is 12.2. The Kier molecular flexibility index (Phi) is 4.64. The molecule has 0 amide bonds. The summed E-state index contributed by atoms with van der Waals surface area (Å²) in [4.78, 5) is 31.7. The highest BCUT2D eigenvalue weighted by Crippen LogP contribution is 2.29. The molecule has 0 spiro atoms. The number of nitrogens with zero attached hydrogens (tertiary/aromatic N) is 3. The lowest BCUT2D eigenvalue weighted by Gasteiger charge is -2.06. The molecule has 0 bridgehead atoms. The molecular weight excluding hydrogens is 348 g/mol. The number of imidazole rings is 1. The first-order valence-electron chi connectivity index (χ1n) is 7.19. The number of rotatable bonds is 5. The predicted molar refractivity (Wildman–Crippen MR) is 96.8 cm³/mol. The van der Waals surface area contributed by atoms with E-state index >= 15 is 0 Å². The van der Waals surface area contributed by atoms with Crippen LogP contribution in [0.3, 0.4) is 0 Å². The zero-order valence-corrected chi connectivity index (χ0v) is 14.5. The summed E-state index contributed by atoms with van der Waals surface area (Å²) < 4.78 is 3.10. The fourth-order valence-corrected chi connectivity index (χ4v) is 3.60. The number of nitrogens with one attached hydrogen (secondary N) is 1. The molecule has 8 heteroatoms. The van der Waals surface area contributed by atoms with Crippen molar-refractivity contribution in [3.8, 4) is 0 Å². The van der Waals surface area contributed by atoms with Crippen LogP contribution in [0.25, 0.3) is 11.2 Å². The Labute approximate surface area is 146 Å². The Morgan fingerprint density at radius 2 is 2.12 bits per heavy atom. The third-order valence-electron chi connectivity index (χ3n) is 3.59. The molecule has 0 atom stereocenters. The largest absolute Gasteiger partial charge is 0.329 e. The number of halogens is 1. The third-order valence-corrected chi connectivity index (χ3v) is 5.10. The SMILES string of the molecule is C=CCn1c(CSc2ccccc2Cl)nc2c1c(=O)[nH]c(=O)n2C. The van der Waals surface area contributed by atoms with Crippen LogP contribution < -0.4 is 11.2 Å². The van der Waals surface area contributed by atoms with Crippen molar-refractivity contribution in [1.29, 1.82) is 0 Å². The molecule has 6 nitrogen and oxygen atoms in total. The summed E-state index contributed by atoms with van der Waals surface area (Å²) in [6.07, 6.45) is 1.69. The van der Waals surface area contributed by atoms with Crippen LogP contribution in [0, 0.1) is 0 Å². The first-order chi connectivity index (χ1) is 11.5. The van der Waals surface area contributed by atoms with E-state index in [2.05, 4.69) is 16.5 Å². The van der Waals surface area contributed by atoms with Crippen molar-refractivity contribution in [3.63, 3.8) is 0 Å². The summed E-state index contributed by atoms with van der Waals surface area (Å²) in [6, 6.07) is 7.53. The van der Waals surface area contributed by atoms with Crippen molar-refractivity contribution in [1.82, 2.24) is 19.1 Å². The van der Waals surface area contributed by atoms with Gasteiger partial charge in [-0.3, -0.25) is 14.3 Å². The van der Waals surface area contributed by atoms with Gasteiger partial charge in [0.05, 0.1) is 10.8 Å². The van der Waals surface area contributed by atoms with E-state index in [9.17, 15) is 9.59 Å². The fourth-order valence-electron chi connectivity index (χ4n) is 2.42. The second kappa shape index (κ2) is 6.70. The number of benzene rings is 1. The quantitative estimate of drug-likeness (QED) is 0.559. The zero-order valence-electron chi connectivity index (χ0n) is 13.0. The molecule has 3 aromatic rings. The minimum Gasteiger partial charge on any atom is -0.318 e. The second-order valence-corrected chi connectivity index (χ2v) is 6.56. The van der Waals surface area contributed by atoms with E-state index in [0.717, 1.165) is 4.90 Å². The van der Waals surface area contributed by atoms with Gasteiger partial charge in [-0.1, -0.05) is 29.8 Å². The molecule has 0 aliphatic heterocycles. The first kappa shape index (κ1) is 16.6. The monoisotopic (exact) mass is 362 g/mol. The van der Waals surface area contributed by atoms with Crippen molar-refractivity contribution in [2.24, 2.45) is 7.05 Å². The Morgan fingerprint density at radius 1 is 1.38 bits per heavy atom. The van der Waals surface area contributed by atoms with Gasteiger partial charge in [0.25, 0.3) is 5.56 Å². The molecule has 0 fully saturated rings. The fraction of sp³-hybridized carbons (Fsp3) is 0.188. The normalized spacial score (nSPS) is 11.1. The van der Waals surface area contributed by atoms with Crippen molar-refractivity contribution in [3.05, 3.63) is 68.6 Å². The summed E-state index contributed by atoms with van der Waals surface area (Å²) in [5.41, 5.74) is -0.204. The molecule has 0 saturated carbocycles. The Morgan fingerprint density at radius 3 is 2.83 bits per heavy atom. The number of hydrogen-bond acceptors (Lipinski definition) is 4. The van der Waals surface area contributed by atoms with Crippen LogP contribution in [-0.4, -0.2) is 19.1 Å². The third kappa shape index (κ3) is 2.92. The second-order valence-electron chi connectivity index (χ2n) is 5.14. The number of aryl methyl sites for hydroxylation is 1. The van der Waals surface area contributed by atoms with Gasteiger partial charge in [0.1, 0.15) is 5.82 Å². The molecule has 3 rings (SSSR count). The smallest absolute Gasteiger partial charge is 0.318 e. The van der Waals surface area contributed by atoms with Gasteiger partial charge in [-0.25, -0.2) is 9.78 Å². The van der Waals surface area contributed by atoms with Crippen molar-refractivity contribution in [2.45, 2.75) is 17.2 Å². The Hall–Kier alpha value is -2.25.